The van der Waals surface area contributed by atoms with Crippen LogP contribution in [0.2, 0.25) is 0 Å². The quantitative estimate of drug-likeness (QED) is 0.728. The molecule has 1 rings (SSSR count). The molecular weight excluding hydrogens is 224 g/mol. The lowest BCUT2D eigenvalue weighted by atomic mass is 10.2. The summed E-state index contributed by atoms with van der Waals surface area (Å²) in [7, 11) is 0. The third-order valence-electron chi connectivity index (χ3n) is 2.64. The lowest BCUT2D eigenvalue weighted by Crippen LogP contribution is -2.45. The first-order valence-corrected chi connectivity index (χ1v) is 7.43. The van der Waals surface area contributed by atoms with Gasteiger partial charge in [0.1, 0.15) is 0 Å². The Balaban J connectivity index is 2.11. The van der Waals surface area contributed by atoms with Gasteiger partial charge in [0.2, 0.25) is 0 Å². The molecule has 15 heavy (non-hydrogen) atoms. The Morgan fingerprint density at radius 2 is 2.13 bits per heavy atom. The molecule has 1 atom stereocenters. The summed E-state index contributed by atoms with van der Waals surface area (Å²) in [6.07, 6.45) is 5.25. The molecule has 1 unspecified atom stereocenters. The molecule has 1 fully saturated rings. The summed E-state index contributed by atoms with van der Waals surface area (Å²) in [4.78, 5) is 0. The van der Waals surface area contributed by atoms with Crippen LogP contribution in [0.3, 0.4) is 0 Å². The SMILES string of the molecule is CCSCC(C)NC(=S)NC1CCCC1. The molecule has 0 spiro atoms. The molecule has 0 aromatic rings. The number of nitrogens with one attached hydrogen (secondary N) is 2. The van der Waals surface area contributed by atoms with Crippen molar-refractivity contribution in [1.29, 1.82) is 0 Å². The van der Waals surface area contributed by atoms with Crippen molar-refractivity contribution >= 4 is 29.1 Å². The number of hydrogen-bond donors (Lipinski definition) is 2. The highest BCUT2D eigenvalue weighted by Gasteiger charge is 2.15. The fourth-order valence-corrected chi connectivity index (χ4v) is 2.90. The van der Waals surface area contributed by atoms with Crippen molar-refractivity contribution in [3.63, 3.8) is 0 Å². The molecule has 1 aliphatic rings. The standard InChI is InChI=1S/C11H22N2S2/c1-3-15-8-9(2)12-11(14)13-10-6-4-5-7-10/h9-10H,3-8H2,1-2H3,(H2,12,13,14). The van der Waals surface area contributed by atoms with E-state index in [1.807, 2.05) is 11.8 Å². The van der Waals surface area contributed by atoms with Gasteiger partial charge in [-0.25, -0.2) is 0 Å². The Kier molecular flexibility index (Phi) is 6.41. The molecule has 0 aromatic heterocycles. The Morgan fingerprint density at radius 1 is 1.47 bits per heavy atom. The molecule has 0 bridgehead atoms. The minimum atomic E-state index is 0.469. The number of thiocarbonyl (C=S) groups is 1. The van der Waals surface area contributed by atoms with Crippen LogP contribution in [0.4, 0.5) is 0 Å². The zero-order chi connectivity index (χ0) is 11.1. The molecule has 0 aliphatic heterocycles. The van der Waals surface area contributed by atoms with Gasteiger partial charge in [0.25, 0.3) is 0 Å². The average molecular weight is 246 g/mol. The van der Waals surface area contributed by atoms with Crippen molar-refractivity contribution in [3.8, 4) is 0 Å². The molecule has 0 aromatic carbocycles. The number of thioether (sulfide) groups is 1. The summed E-state index contributed by atoms with van der Waals surface area (Å²) in [5.41, 5.74) is 0. The van der Waals surface area contributed by atoms with Crippen molar-refractivity contribution < 1.29 is 0 Å². The Labute approximate surface area is 103 Å². The molecule has 2 nitrogen and oxygen atoms in total. The second kappa shape index (κ2) is 7.34. The van der Waals surface area contributed by atoms with Crippen LogP contribution in [0.15, 0.2) is 0 Å². The molecule has 0 saturated heterocycles. The Bertz CT molecular complexity index is 191. The molecule has 1 saturated carbocycles. The zero-order valence-electron chi connectivity index (χ0n) is 9.71. The normalized spacial score (nSPS) is 18.8. The highest BCUT2D eigenvalue weighted by atomic mass is 32.2. The van der Waals surface area contributed by atoms with E-state index in [1.54, 1.807) is 0 Å². The number of rotatable bonds is 5. The maximum Gasteiger partial charge on any atom is 0.166 e. The van der Waals surface area contributed by atoms with Gasteiger partial charge >= 0.3 is 0 Å². The van der Waals surface area contributed by atoms with Gasteiger partial charge in [-0.3, -0.25) is 0 Å². The van der Waals surface area contributed by atoms with Crippen LogP contribution in [0.1, 0.15) is 39.5 Å². The van der Waals surface area contributed by atoms with Crippen molar-refractivity contribution in [1.82, 2.24) is 10.6 Å². The van der Waals surface area contributed by atoms with Crippen molar-refractivity contribution in [2.75, 3.05) is 11.5 Å². The monoisotopic (exact) mass is 246 g/mol. The predicted molar refractivity (Wildman–Crippen MR) is 73.6 cm³/mol. The topological polar surface area (TPSA) is 24.1 Å². The van der Waals surface area contributed by atoms with Gasteiger partial charge in [-0.05, 0) is 37.7 Å². The van der Waals surface area contributed by atoms with Crippen LogP contribution in [0, 0.1) is 0 Å². The van der Waals surface area contributed by atoms with E-state index in [-0.39, 0.29) is 0 Å². The second-order valence-electron chi connectivity index (χ2n) is 4.16. The predicted octanol–water partition coefficient (Wildman–Crippen LogP) is 2.53. The maximum atomic E-state index is 5.29. The average Bonchev–Trinajstić information content (AvgIpc) is 2.67. The molecular formula is C11H22N2S2. The third-order valence-corrected chi connectivity index (χ3v) is 4.02. The van der Waals surface area contributed by atoms with Crippen molar-refractivity contribution in [2.45, 2.75) is 51.6 Å². The zero-order valence-corrected chi connectivity index (χ0v) is 11.3. The van der Waals surface area contributed by atoms with Gasteiger partial charge in [0.15, 0.2) is 5.11 Å². The van der Waals surface area contributed by atoms with E-state index in [0.717, 1.165) is 10.9 Å². The fourth-order valence-electron chi connectivity index (χ4n) is 1.86. The Hall–Kier alpha value is 0.0400. The minimum absolute atomic E-state index is 0.469. The van der Waals surface area contributed by atoms with Gasteiger partial charge in [0.05, 0.1) is 0 Å². The van der Waals surface area contributed by atoms with Gasteiger partial charge in [0, 0.05) is 17.8 Å². The largest absolute Gasteiger partial charge is 0.360 e. The molecule has 2 N–H and O–H groups in total. The number of hydrogen-bond acceptors (Lipinski definition) is 2. The van der Waals surface area contributed by atoms with Gasteiger partial charge < -0.3 is 10.6 Å². The summed E-state index contributed by atoms with van der Waals surface area (Å²) in [5, 5.41) is 7.58. The molecule has 0 amide bonds. The van der Waals surface area contributed by atoms with Gasteiger partial charge in [-0.2, -0.15) is 11.8 Å². The van der Waals surface area contributed by atoms with Crippen LogP contribution in [-0.4, -0.2) is 28.7 Å². The van der Waals surface area contributed by atoms with Crippen LogP contribution in [0.5, 0.6) is 0 Å². The molecule has 4 heteroatoms. The van der Waals surface area contributed by atoms with Gasteiger partial charge in [-0.15, -0.1) is 0 Å². The van der Waals surface area contributed by atoms with E-state index in [2.05, 4.69) is 24.5 Å². The van der Waals surface area contributed by atoms with E-state index in [1.165, 1.54) is 31.4 Å². The summed E-state index contributed by atoms with van der Waals surface area (Å²) in [6.45, 7) is 4.37. The Morgan fingerprint density at radius 3 is 2.73 bits per heavy atom. The van der Waals surface area contributed by atoms with Gasteiger partial charge in [-0.1, -0.05) is 19.8 Å². The first-order chi connectivity index (χ1) is 7.22. The third kappa shape index (κ3) is 5.61. The summed E-state index contributed by atoms with van der Waals surface area (Å²) < 4.78 is 0. The van der Waals surface area contributed by atoms with Crippen LogP contribution in [-0.2, 0) is 0 Å². The summed E-state index contributed by atoms with van der Waals surface area (Å²) >= 11 is 7.24. The van der Waals surface area contributed by atoms with Crippen molar-refractivity contribution in [3.05, 3.63) is 0 Å². The van der Waals surface area contributed by atoms with E-state index in [4.69, 9.17) is 12.2 Å². The smallest absolute Gasteiger partial charge is 0.166 e. The van der Waals surface area contributed by atoms with E-state index in [9.17, 15) is 0 Å². The van der Waals surface area contributed by atoms with Crippen LogP contribution < -0.4 is 10.6 Å². The minimum Gasteiger partial charge on any atom is -0.360 e. The lowest BCUT2D eigenvalue weighted by molar-refractivity contribution is 0.610. The van der Waals surface area contributed by atoms with Crippen LogP contribution >= 0.6 is 24.0 Å². The first-order valence-electron chi connectivity index (χ1n) is 5.87. The van der Waals surface area contributed by atoms with Crippen molar-refractivity contribution in [2.24, 2.45) is 0 Å². The van der Waals surface area contributed by atoms with E-state index in [0.29, 0.717) is 12.1 Å². The van der Waals surface area contributed by atoms with E-state index < -0.39 is 0 Å². The second-order valence-corrected chi connectivity index (χ2v) is 5.89. The highest BCUT2D eigenvalue weighted by molar-refractivity contribution is 7.99. The summed E-state index contributed by atoms with van der Waals surface area (Å²) in [6, 6.07) is 1.09. The molecule has 0 radical (unpaired) electrons. The fraction of sp³-hybridized carbons (Fsp3) is 0.909. The van der Waals surface area contributed by atoms with E-state index >= 15 is 0 Å². The highest BCUT2D eigenvalue weighted by Crippen LogP contribution is 2.17. The molecule has 0 heterocycles. The summed E-state index contributed by atoms with van der Waals surface area (Å²) in [5.74, 6) is 2.30. The maximum absolute atomic E-state index is 5.29. The molecule has 88 valence electrons. The lowest BCUT2D eigenvalue weighted by Gasteiger charge is -2.19. The van der Waals surface area contributed by atoms with Crippen LogP contribution in [0.25, 0.3) is 0 Å². The molecule has 1 aliphatic carbocycles. The first kappa shape index (κ1) is 13.1.